The minimum atomic E-state index is -3.08. The van der Waals surface area contributed by atoms with Crippen molar-refractivity contribution in [3.63, 3.8) is 0 Å². The van der Waals surface area contributed by atoms with Gasteiger partial charge in [-0.2, -0.15) is 0 Å². The van der Waals surface area contributed by atoms with Gasteiger partial charge in [0.25, 0.3) is 0 Å². The molecule has 0 radical (unpaired) electrons. The highest BCUT2D eigenvalue weighted by atomic mass is 31.2. The summed E-state index contributed by atoms with van der Waals surface area (Å²) in [6.07, 6.45) is -0.665. The molecule has 0 spiro atoms. The van der Waals surface area contributed by atoms with E-state index in [9.17, 15) is 9.67 Å². The van der Waals surface area contributed by atoms with Gasteiger partial charge in [0, 0.05) is 14.2 Å². The maximum Gasteiger partial charge on any atom is 0.332 e. The van der Waals surface area contributed by atoms with E-state index in [0.29, 0.717) is 0 Å². The van der Waals surface area contributed by atoms with Crippen LogP contribution >= 0.6 is 7.60 Å². The van der Waals surface area contributed by atoms with Crippen LogP contribution in [0.5, 0.6) is 0 Å². The highest BCUT2D eigenvalue weighted by molar-refractivity contribution is 7.53. The Balaban J connectivity index is 4.35. The third-order valence-corrected chi connectivity index (χ3v) is 3.86. The monoisotopic (exact) mass is 210 g/mol. The molecule has 1 N–H and O–H groups in total. The van der Waals surface area contributed by atoms with Crippen LogP contribution in [0.2, 0.25) is 0 Å². The van der Waals surface area contributed by atoms with Gasteiger partial charge in [0.2, 0.25) is 0 Å². The van der Waals surface area contributed by atoms with Gasteiger partial charge >= 0.3 is 7.60 Å². The number of hydrogen-bond acceptors (Lipinski definition) is 4. The minimum Gasteiger partial charge on any atom is -0.392 e. The summed E-state index contributed by atoms with van der Waals surface area (Å²) in [6.45, 7) is 5.61. The SMILES string of the molecule is COP(=O)(C[C@@H](O)C(C)(C)C)OC. The van der Waals surface area contributed by atoms with Gasteiger partial charge in [-0.1, -0.05) is 20.8 Å². The molecule has 0 fully saturated rings. The zero-order chi connectivity index (χ0) is 10.7. The highest BCUT2D eigenvalue weighted by Crippen LogP contribution is 2.48. The highest BCUT2D eigenvalue weighted by Gasteiger charge is 2.32. The van der Waals surface area contributed by atoms with Crippen molar-refractivity contribution in [1.82, 2.24) is 0 Å². The van der Waals surface area contributed by atoms with Crippen LogP contribution < -0.4 is 0 Å². The van der Waals surface area contributed by atoms with Crippen LogP contribution in [-0.2, 0) is 13.6 Å². The van der Waals surface area contributed by atoms with Crippen LogP contribution in [0.3, 0.4) is 0 Å². The molecular weight excluding hydrogens is 191 g/mol. The largest absolute Gasteiger partial charge is 0.392 e. The Morgan fingerprint density at radius 2 is 1.69 bits per heavy atom. The van der Waals surface area contributed by atoms with Crippen molar-refractivity contribution in [2.45, 2.75) is 26.9 Å². The molecule has 0 bridgehead atoms. The Labute approximate surface area is 79.8 Å². The Bertz CT molecular complexity index is 189. The number of aliphatic hydroxyl groups is 1. The summed E-state index contributed by atoms with van der Waals surface area (Å²) in [5, 5.41) is 9.65. The summed E-state index contributed by atoms with van der Waals surface area (Å²) in [7, 11) is -0.446. The molecule has 4 nitrogen and oxygen atoms in total. The molecule has 0 saturated carbocycles. The van der Waals surface area contributed by atoms with Crippen molar-refractivity contribution in [3.8, 4) is 0 Å². The predicted molar refractivity (Wildman–Crippen MR) is 52.0 cm³/mol. The second kappa shape index (κ2) is 4.56. The van der Waals surface area contributed by atoms with Gasteiger partial charge in [-0.15, -0.1) is 0 Å². The van der Waals surface area contributed by atoms with Crippen LogP contribution in [-0.4, -0.2) is 31.6 Å². The van der Waals surface area contributed by atoms with Crippen molar-refractivity contribution in [1.29, 1.82) is 0 Å². The molecule has 13 heavy (non-hydrogen) atoms. The van der Waals surface area contributed by atoms with Crippen molar-refractivity contribution in [2.75, 3.05) is 20.4 Å². The Morgan fingerprint density at radius 1 is 1.31 bits per heavy atom. The first-order valence-corrected chi connectivity index (χ1v) is 5.86. The maximum atomic E-state index is 11.6. The van der Waals surface area contributed by atoms with Gasteiger partial charge in [-0.3, -0.25) is 4.57 Å². The molecule has 0 unspecified atom stereocenters. The van der Waals surface area contributed by atoms with Gasteiger partial charge in [-0.05, 0) is 5.41 Å². The Morgan fingerprint density at radius 3 is 1.92 bits per heavy atom. The summed E-state index contributed by atoms with van der Waals surface area (Å²) in [5.41, 5.74) is -0.313. The maximum absolute atomic E-state index is 11.6. The van der Waals surface area contributed by atoms with Crippen LogP contribution in [0.1, 0.15) is 20.8 Å². The third-order valence-electron chi connectivity index (χ3n) is 1.95. The third kappa shape index (κ3) is 4.23. The number of aliphatic hydroxyl groups excluding tert-OH is 1. The molecule has 0 amide bonds. The summed E-state index contributed by atoms with van der Waals surface area (Å²) in [5.74, 6) is 0. The molecule has 0 rings (SSSR count). The van der Waals surface area contributed by atoms with Crippen molar-refractivity contribution in [2.24, 2.45) is 5.41 Å². The summed E-state index contributed by atoms with van der Waals surface area (Å²) < 4.78 is 21.1. The van der Waals surface area contributed by atoms with E-state index in [2.05, 4.69) is 0 Å². The van der Waals surface area contributed by atoms with E-state index in [1.807, 2.05) is 20.8 Å². The molecule has 0 aliphatic heterocycles. The molecule has 0 aromatic heterocycles. The zero-order valence-electron chi connectivity index (χ0n) is 8.90. The number of hydrogen-bond donors (Lipinski definition) is 1. The Kier molecular flexibility index (Phi) is 4.60. The lowest BCUT2D eigenvalue weighted by Crippen LogP contribution is -2.29. The lowest BCUT2D eigenvalue weighted by molar-refractivity contribution is 0.0761. The van der Waals surface area contributed by atoms with E-state index in [4.69, 9.17) is 9.05 Å². The molecular formula is C8H19O4P. The summed E-state index contributed by atoms with van der Waals surface area (Å²) in [6, 6.07) is 0. The fourth-order valence-corrected chi connectivity index (χ4v) is 2.13. The van der Waals surface area contributed by atoms with Gasteiger partial charge < -0.3 is 14.2 Å². The normalized spacial score (nSPS) is 15.8. The molecule has 80 valence electrons. The van der Waals surface area contributed by atoms with Gasteiger partial charge in [0.15, 0.2) is 0 Å². The van der Waals surface area contributed by atoms with Crippen LogP contribution in [0.25, 0.3) is 0 Å². The van der Waals surface area contributed by atoms with E-state index in [1.165, 1.54) is 14.2 Å². The lowest BCUT2D eigenvalue weighted by atomic mass is 9.90. The fraction of sp³-hybridized carbons (Fsp3) is 1.00. The van der Waals surface area contributed by atoms with Crippen LogP contribution in [0, 0.1) is 5.41 Å². The molecule has 5 heteroatoms. The number of rotatable bonds is 4. The summed E-state index contributed by atoms with van der Waals surface area (Å²) in [4.78, 5) is 0. The average Bonchev–Trinajstić information content (AvgIpc) is 2.02. The lowest BCUT2D eigenvalue weighted by Gasteiger charge is -2.27. The van der Waals surface area contributed by atoms with E-state index in [1.54, 1.807) is 0 Å². The molecule has 0 saturated heterocycles. The van der Waals surface area contributed by atoms with Crippen molar-refractivity contribution < 1.29 is 18.7 Å². The van der Waals surface area contributed by atoms with Crippen LogP contribution in [0.15, 0.2) is 0 Å². The standard InChI is InChI=1S/C8H19O4P/c1-8(2,3)7(9)6-13(10,11-4)12-5/h7,9H,6H2,1-5H3/t7-/m1/s1. The first-order valence-electron chi connectivity index (χ1n) is 4.14. The minimum absolute atomic E-state index is 0.0312. The summed E-state index contributed by atoms with van der Waals surface area (Å²) >= 11 is 0. The second-order valence-corrected chi connectivity index (χ2v) is 6.36. The predicted octanol–water partition coefficient (Wildman–Crippen LogP) is 1.88. The van der Waals surface area contributed by atoms with Gasteiger partial charge in [0.1, 0.15) is 0 Å². The second-order valence-electron chi connectivity index (χ2n) is 4.04. The Hall–Kier alpha value is 0.110. The smallest absolute Gasteiger partial charge is 0.332 e. The fourth-order valence-electron chi connectivity index (χ4n) is 0.709. The van der Waals surface area contributed by atoms with E-state index >= 15 is 0 Å². The first-order chi connectivity index (χ1) is 5.75. The zero-order valence-corrected chi connectivity index (χ0v) is 9.80. The van der Waals surface area contributed by atoms with Gasteiger partial charge in [0.05, 0.1) is 12.3 Å². The first kappa shape index (κ1) is 13.1. The molecule has 0 aliphatic carbocycles. The molecule has 0 heterocycles. The van der Waals surface area contributed by atoms with Crippen molar-refractivity contribution >= 4 is 7.60 Å². The topological polar surface area (TPSA) is 55.8 Å². The van der Waals surface area contributed by atoms with Crippen molar-refractivity contribution in [3.05, 3.63) is 0 Å². The van der Waals surface area contributed by atoms with Gasteiger partial charge in [-0.25, -0.2) is 0 Å². The molecule has 0 aromatic rings. The quantitative estimate of drug-likeness (QED) is 0.720. The van der Waals surface area contributed by atoms with E-state index < -0.39 is 13.7 Å². The van der Waals surface area contributed by atoms with E-state index in [-0.39, 0.29) is 11.6 Å². The van der Waals surface area contributed by atoms with E-state index in [0.717, 1.165) is 0 Å². The average molecular weight is 210 g/mol. The molecule has 0 aromatic carbocycles. The molecule has 0 aliphatic rings. The van der Waals surface area contributed by atoms with Crippen LogP contribution in [0.4, 0.5) is 0 Å². The molecule has 1 atom stereocenters.